The third kappa shape index (κ3) is 4.21. The van der Waals surface area contributed by atoms with Gasteiger partial charge in [-0.2, -0.15) is 0 Å². The van der Waals surface area contributed by atoms with E-state index < -0.39 is 5.97 Å². The first kappa shape index (κ1) is 15.4. The van der Waals surface area contributed by atoms with Gasteiger partial charge in [0.2, 0.25) is 0 Å². The number of carbonyl (C=O) groups is 2. The normalized spacial score (nSPS) is 22.5. The van der Waals surface area contributed by atoms with Gasteiger partial charge in [0.25, 0.3) is 5.91 Å². The molecule has 5 heteroatoms. The van der Waals surface area contributed by atoms with E-state index in [9.17, 15) is 9.59 Å². The molecule has 2 unspecified atom stereocenters. The van der Waals surface area contributed by atoms with E-state index in [1.807, 2.05) is 18.7 Å². The quantitative estimate of drug-likeness (QED) is 0.632. The number of nitrogens with zero attached hydrogens (tertiary/aromatic N) is 1. The number of rotatable bonds is 4. The molecule has 2 heterocycles. The Labute approximate surface area is 124 Å². The summed E-state index contributed by atoms with van der Waals surface area (Å²) >= 11 is 0. The number of amides is 1. The fraction of sp³-hybridized carbons (Fsp3) is 0.500. The minimum Gasteiger partial charge on any atom is -0.465 e. The standard InChI is InChI=1S/C16H21NO4/c1-12-5-3-6-13(2)17(12)15(18)11-21-16(19)9-8-14-7-4-10-20-14/h4,7-10,12-13H,3,5-6,11H2,1-2H3/b9-8+. The topological polar surface area (TPSA) is 59.8 Å². The first-order valence-electron chi connectivity index (χ1n) is 7.27. The van der Waals surface area contributed by atoms with Crippen LogP contribution in [0.1, 0.15) is 38.9 Å². The lowest BCUT2D eigenvalue weighted by Crippen LogP contribution is -2.49. The molecule has 0 saturated carbocycles. The van der Waals surface area contributed by atoms with Gasteiger partial charge in [0.1, 0.15) is 5.76 Å². The predicted octanol–water partition coefficient (Wildman–Crippen LogP) is 2.63. The summed E-state index contributed by atoms with van der Waals surface area (Å²) in [7, 11) is 0. The highest BCUT2D eigenvalue weighted by Gasteiger charge is 2.29. The number of furan rings is 1. The number of ether oxygens (including phenoxy) is 1. The molecule has 0 bridgehead atoms. The van der Waals surface area contributed by atoms with E-state index in [0.717, 1.165) is 19.3 Å². The first-order valence-corrected chi connectivity index (χ1v) is 7.27. The average Bonchev–Trinajstić information content (AvgIpc) is 2.96. The van der Waals surface area contributed by atoms with Crippen molar-refractivity contribution >= 4 is 18.0 Å². The molecule has 0 aliphatic carbocycles. The second-order valence-electron chi connectivity index (χ2n) is 5.39. The molecular formula is C16H21NO4. The molecule has 2 atom stereocenters. The van der Waals surface area contributed by atoms with E-state index in [1.165, 1.54) is 18.4 Å². The van der Waals surface area contributed by atoms with Gasteiger partial charge in [0.05, 0.1) is 6.26 Å². The third-order valence-electron chi connectivity index (χ3n) is 3.75. The molecule has 2 rings (SSSR count). The van der Waals surface area contributed by atoms with Crippen molar-refractivity contribution in [3.63, 3.8) is 0 Å². The number of carbonyl (C=O) groups excluding carboxylic acids is 2. The van der Waals surface area contributed by atoms with E-state index in [-0.39, 0.29) is 24.6 Å². The zero-order valence-corrected chi connectivity index (χ0v) is 12.5. The summed E-state index contributed by atoms with van der Waals surface area (Å²) in [4.78, 5) is 25.6. The minimum absolute atomic E-state index is 0.130. The van der Waals surface area contributed by atoms with E-state index in [4.69, 9.17) is 9.15 Å². The Hall–Kier alpha value is -2.04. The zero-order chi connectivity index (χ0) is 15.2. The number of hydrogen-bond acceptors (Lipinski definition) is 4. The van der Waals surface area contributed by atoms with Crippen molar-refractivity contribution in [1.82, 2.24) is 4.90 Å². The SMILES string of the molecule is CC1CCCC(C)N1C(=O)COC(=O)/C=C/c1ccco1. The van der Waals surface area contributed by atoms with Crippen LogP contribution in [-0.2, 0) is 14.3 Å². The molecule has 114 valence electrons. The third-order valence-corrected chi connectivity index (χ3v) is 3.75. The first-order chi connectivity index (χ1) is 10.1. The second kappa shape index (κ2) is 7.11. The van der Waals surface area contributed by atoms with Crippen molar-refractivity contribution in [2.75, 3.05) is 6.61 Å². The van der Waals surface area contributed by atoms with E-state index in [0.29, 0.717) is 5.76 Å². The summed E-state index contributed by atoms with van der Waals surface area (Å²) in [5, 5.41) is 0. The summed E-state index contributed by atoms with van der Waals surface area (Å²) in [6.07, 6.45) is 7.43. The maximum Gasteiger partial charge on any atom is 0.331 e. The lowest BCUT2D eigenvalue weighted by atomic mass is 9.97. The van der Waals surface area contributed by atoms with Gasteiger partial charge >= 0.3 is 5.97 Å². The molecule has 0 N–H and O–H groups in total. The maximum atomic E-state index is 12.2. The van der Waals surface area contributed by atoms with Crippen LogP contribution in [0, 0.1) is 0 Å². The molecule has 1 aliphatic rings. The minimum atomic E-state index is -0.544. The molecule has 1 amide bonds. The van der Waals surface area contributed by atoms with Gasteiger partial charge in [-0.3, -0.25) is 4.79 Å². The van der Waals surface area contributed by atoms with Crippen LogP contribution in [0.2, 0.25) is 0 Å². The fourth-order valence-electron chi connectivity index (χ4n) is 2.70. The summed E-state index contributed by atoms with van der Waals surface area (Å²) in [6.45, 7) is 3.86. The zero-order valence-electron chi connectivity index (χ0n) is 12.5. The predicted molar refractivity (Wildman–Crippen MR) is 78.3 cm³/mol. The molecule has 0 spiro atoms. The molecule has 1 aliphatic heterocycles. The monoisotopic (exact) mass is 291 g/mol. The van der Waals surface area contributed by atoms with Crippen LogP contribution in [0.25, 0.3) is 6.08 Å². The van der Waals surface area contributed by atoms with Gasteiger partial charge in [0.15, 0.2) is 6.61 Å². The molecule has 5 nitrogen and oxygen atoms in total. The van der Waals surface area contributed by atoms with Crippen LogP contribution in [0.3, 0.4) is 0 Å². The molecule has 1 aromatic heterocycles. The largest absolute Gasteiger partial charge is 0.465 e. The summed E-state index contributed by atoms with van der Waals surface area (Å²) in [5.41, 5.74) is 0. The lowest BCUT2D eigenvalue weighted by Gasteiger charge is -2.38. The van der Waals surface area contributed by atoms with Crippen molar-refractivity contribution < 1.29 is 18.7 Å². The molecule has 0 radical (unpaired) electrons. The number of esters is 1. The molecule has 1 aromatic rings. The van der Waals surface area contributed by atoms with E-state index >= 15 is 0 Å². The van der Waals surface area contributed by atoms with E-state index in [1.54, 1.807) is 12.1 Å². The molecule has 1 fully saturated rings. The maximum absolute atomic E-state index is 12.2. The lowest BCUT2D eigenvalue weighted by molar-refractivity contribution is -0.151. The Bertz CT molecular complexity index is 496. The van der Waals surface area contributed by atoms with Crippen LogP contribution in [0.4, 0.5) is 0 Å². The van der Waals surface area contributed by atoms with Crippen molar-refractivity contribution in [2.24, 2.45) is 0 Å². The van der Waals surface area contributed by atoms with Crippen molar-refractivity contribution in [2.45, 2.75) is 45.2 Å². The van der Waals surface area contributed by atoms with Crippen molar-refractivity contribution in [1.29, 1.82) is 0 Å². The Kier molecular flexibility index (Phi) is 5.20. The Balaban J connectivity index is 1.81. The van der Waals surface area contributed by atoms with Gasteiger partial charge in [-0.1, -0.05) is 0 Å². The van der Waals surface area contributed by atoms with Gasteiger partial charge in [-0.05, 0) is 51.3 Å². The highest BCUT2D eigenvalue weighted by molar-refractivity contribution is 5.89. The fourth-order valence-corrected chi connectivity index (χ4v) is 2.70. The van der Waals surface area contributed by atoms with Crippen molar-refractivity contribution in [3.8, 4) is 0 Å². The molecule has 0 aromatic carbocycles. The average molecular weight is 291 g/mol. The summed E-state index contributed by atoms with van der Waals surface area (Å²) in [6, 6.07) is 3.87. The Morgan fingerprint density at radius 2 is 2.10 bits per heavy atom. The highest BCUT2D eigenvalue weighted by Crippen LogP contribution is 2.22. The molecular weight excluding hydrogens is 270 g/mol. The van der Waals surface area contributed by atoms with E-state index in [2.05, 4.69) is 0 Å². The van der Waals surface area contributed by atoms with Crippen LogP contribution in [0.15, 0.2) is 28.9 Å². The van der Waals surface area contributed by atoms with Crippen LogP contribution < -0.4 is 0 Å². The smallest absolute Gasteiger partial charge is 0.331 e. The summed E-state index contributed by atoms with van der Waals surface area (Å²) in [5.74, 6) is -0.108. The molecule has 21 heavy (non-hydrogen) atoms. The van der Waals surface area contributed by atoms with Crippen molar-refractivity contribution in [3.05, 3.63) is 30.2 Å². The van der Waals surface area contributed by atoms with Gasteiger partial charge < -0.3 is 14.1 Å². The van der Waals surface area contributed by atoms with Crippen LogP contribution >= 0.6 is 0 Å². The second-order valence-corrected chi connectivity index (χ2v) is 5.39. The highest BCUT2D eigenvalue weighted by atomic mass is 16.5. The number of hydrogen-bond donors (Lipinski definition) is 0. The van der Waals surface area contributed by atoms with Gasteiger partial charge in [-0.25, -0.2) is 4.79 Å². The number of piperidine rings is 1. The Morgan fingerprint density at radius 1 is 1.38 bits per heavy atom. The molecule has 1 saturated heterocycles. The van der Waals surface area contributed by atoms with Gasteiger partial charge in [-0.15, -0.1) is 0 Å². The number of likely N-dealkylation sites (tertiary alicyclic amines) is 1. The summed E-state index contributed by atoms with van der Waals surface area (Å²) < 4.78 is 10.1. The van der Waals surface area contributed by atoms with Crippen LogP contribution in [0.5, 0.6) is 0 Å². The van der Waals surface area contributed by atoms with Gasteiger partial charge in [0, 0.05) is 18.2 Å². The Morgan fingerprint density at radius 3 is 2.71 bits per heavy atom. The van der Waals surface area contributed by atoms with Crippen LogP contribution in [-0.4, -0.2) is 35.5 Å².